The molecule has 0 N–H and O–H groups in total. The van der Waals surface area contributed by atoms with Crippen LogP contribution in [0.4, 0.5) is 4.39 Å². The van der Waals surface area contributed by atoms with Crippen LogP contribution in [0.25, 0.3) is 0 Å². The monoisotopic (exact) mass is 230 g/mol. The second-order valence-corrected chi connectivity index (χ2v) is 3.30. The van der Waals surface area contributed by atoms with Gasteiger partial charge in [0.2, 0.25) is 0 Å². The number of benzene rings is 1. The highest BCUT2D eigenvalue weighted by molar-refractivity contribution is 6.30. The Labute approximate surface area is 90.7 Å². The van der Waals surface area contributed by atoms with E-state index in [1.165, 1.54) is 6.07 Å². The average Bonchev–Trinajstić information content (AvgIpc) is 2.27. The highest BCUT2D eigenvalue weighted by Gasteiger charge is 2.19. The molecule has 0 amide bonds. The normalized spacial score (nSPS) is 13.7. The van der Waals surface area contributed by atoms with Crippen molar-refractivity contribution in [1.82, 2.24) is 0 Å². The molecular formula is C10H8ClFO3. The highest BCUT2D eigenvalue weighted by Crippen LogP contribution is 2.32. The van der Waals surface area contributed by atoms with Crippen molar-refractivity contribution in [3.63, 3.8) is 0 Å². The Hall–Kier alpha value is -1.29. The predicted molar refractivity (Wildman–Crippen MR) is 52.4 cm³/mol. The summed E-state index contributed by atoms with van der Waals surface area (Å²) in [5.41, 5.74) is -0.0609. The Morgan fingerprint density at radius 2 is 1.93 bits per heavy atom. The van der Waals surface area contributed by atoms with Crippen molar-refractivity contribution in [2.24, 2.45) is 0 Å². The largest absolute Gasteiger partial charge is 0.486 e. The van der Waals surface area contributed by atoms with E-state index < -0.39 is 11.6 Å². The first kappa shape index (κ1) is 10.2. The van der Waals surface area contributed by atoms with Crippen molar-refractivity contribution in [2.75, 3.05) is 19.1 Å². The number of rotatable bonds is 2. The van der Waals surface area contributed by atoms with Gasteiger partial charge >= 0.3 is 0 Å². The van der Waals surface area contributed by atoms with E-state index in [2.05, 4.69) is 0 Å². The van der Waals surface area contributed by atoms with Crippen LogP contribution in [-0.2, 0) is 0 Å². The number of alkyl halides is 1. The molecule has 0 spiro atoms. The number of ketones is 1. The maximum Gasteiger partial charge on any atom is 0.180 e. The molecule has 80 valence electrons. The molecule has 15 heavy (non-hydrogen) atoms. The lowest BCUT2D eigenvalue weighted by Gasteiger charge is -2.18. The van der Waals surface area contributed by atoms with E-state index in [-0.39, 0.29) is 11.4 Å². The summed E-state index contributed by atoms with van der Waals surface area (Å²) < 4.78 is 23.8. The SMILES string of the molecule is O=C(CCl)c1cc2c(cc1F)OCCO2. The molecule has 1 aliphatic heterocycles. The van der Waals surface area contributed by atoms with Crippen LogP contribution in [0.2, 0.25) is 0 Å². The molecule has 0 unspecified atom stereocenters. The van der Waals surface area contributed by atoms with Gasteiger partial charge in [-0.05, 0) is 6.07 Å². The van der Waals surface area contributed by atoms with E-state index in [9.17, 15) is 9.18 Å². The molecule has 0 bridgehead atoms. The third kappa shape index (κ3) is 1.90. The van der Waals surface area contributed by atoms with Crippen molar-refractivity contribution in [3.05, 3.63) is 23.5 Å². The summed E-state index contributed by atoms with van der Waals surface area (Å²) in [4.78, 5) is 11.3. The van der Waals surface area contributed by atoms with Crippen LogP contribution in [0.5, 0.6) is 11.5 Å². The van der Waals surface area contributed by atoms with Crippen molar-refractivity contribution >= 4 is 17.4 Å². The lowest BCUT2D eigenvalue weighted by Crippen LogP contribution is -2.16. The predicted octanol–water partition coefficient (Wildman–Crippen LogP) is 2.02. The third-order valence-corrected chi connectivity index (χ3v) is 2.30. The van der Waals surface area contributed by atoms with Crippen molar-refractivity contribution in [1.29, 1.82) is 0 Å². The van der Waals surface area contributed by atoms with Crippen molar-refractivity contribution in [3.8, 4) is 11.5 Å². The van der Waals surface area contributed by atoms with Gasteiger partial charge in [0, 0.05) is 6.07 Å². The molecular weight excluding hydrogens is 223 g/mol. The maximum absolute atomic E-state index is 13.4. The number of Topliss-reactive ketones (excluding diaryl/α,β-unsaturated/α-hetero) is 1. The molecule has 0 atom stereocenters. The third-order valence-electron chi connectivity index (χ3n) is 2.05. The Bertz CT molecular complexity index is 406. The molecule has 1 aromatic carbocycles. The summed E-state index contributed by atoms with van der Waals surface area (Å²) in [6.07, 6.45) is 0. The number of hydrogen-bond acceptors (Lipinski definition) is 3. The van der Waals surface area contributed by atoms with Gasteiger partial charge in [0.05, 0.1) is 11.4 Å². The number of carbonyl (C=O) groups excluding carboxylic acids is 1. The molecule has 0 radical (unpaired) electrons. The van der Waals surface area contributed by atoms with Gasteiger partial charge in [0.25, 0.3) is 0 Å². The number of carbonyl (C=O) groups is 1. The fourth-order valence-corrected chi connectivity index (χ4v) is 1.49. The van der Waals surface area contributed by atoms with Crippen LogP contribution in [0, 0.1) is 5.82 Å². The zero-order valence-electron chi connectivity index (χ0n) is 7.76. The molecule has 1 aromatic rings. The fraction of sp³-hybridized carbons (Fsp3) is 0.300. The molecule has 0 fully saturated rings. The second kappa shape index (κ2) is 4.06. The molecule has 5 heteroatoms. The first-order valence-electron chi connectivity index (χ1n) is 4.40. The van der Waals surface area contributed by atoms with Crippen LogP contribution >= 0.6 is 11.6 Å². The zero-order valence-corrected chi connectivity index (χ0v) is 8.51. The van der Waals surface area contributed by atoms with Crippen molar-refractivity contribution in [2.45, 2.75) is 0 Å². The Balaban J connectivity index is 2.44. The first-order valence-corrected chi connectivity index (χ1v) is 4.94. The smallest absolute Gasteiger partial charge is 0.180 e. The first-order chi connectivity index (χ1) is 7.22. The lowest BCUT2D eigenvalue weighted by atomic mass is 10.1. The van der Waals surface area contributed by atoms with Gasteiger partial charge in [-0.3, -0.25) is 4.79 Å². The van der Waals surface area contributed by atoms with Crippen molar-refractivity contribution < 1.29 is 18.7 Å². The van der Waals surface area contributed by atoms with E-state index >= 15 is 0 Å². The highest BCUT2D eigenvalue weighted by atomic mass is 35.5. The minimum atomic E-state index is -0.634. The minimum absolute atomic E-state index is 0.0609. The Morgan fingerprint density at radius 3 is 2.53 bits per heavy atom. The van der Waals surface area contributed by atoms with E-state index in [0.29, 0.717) is 24.7 Å². The van der Waals surface area contributed by atoms with Gasteiger partial charge in [-0.2, -0.15) is 0 Å². The van der Waals surface area contributed by atoms with Gasteiger partial charge < -0.3 is 9.47 Å². The molecule has 1 heterocycles. The Morgan fingerprint density at radius 1 is 1.33 bits per heavy atom. The van der Waals surface area contributed by atoms with Gasteiger partial charge in [0.15, 0.2) is 17.3 Å². The average molecular weight is 231 g/mol. The standard InChI is InChI=1S/C10H8ClFO3/c11-5-8(13)6-3-9-10(4-7(6)12)15-2-1-14-9/h3-4H,1-2,5H2. The number of hydrogen-bond donors (Lipinski definition) is 0. The summed E-state index contributed by atoms with van der Waals surface area (Å²) in [7, 11) is 0. The summed E-state index contributed by atoms with van der Waals surface area (Å²) in [5, 5.41) is 0. The summed E-state index contributed by atoms with van der Waals surface area (Å²) in [5.74, 6) is -0.645. The van der Waals surface area contributed by atoms with Crippen LogP contribution in [-0.4, -0.2) is 24.9 Å². The number of fused-ring (bicyclic) bond motifs is 1. The quantitative estimate of drug-likeness (QED) is 0.576. The molecule has 0 saturated carbocycles. The van der Waals surface area contributed by atoms with Crippen LogP contribution in [0.3, 0.4) is 0 Å². The minimum Gasteiger partial charge on any atom is -0.486 e. The zero-order chi connectivity index (χ0) is 10.8. The fourth-order valence-electron chi connectivity index (χ4n) is 1.35. The maximum atomic E-state index is 13.4. The van der Waals surface area contributed by atoms with Gasteiger partial charge in [-0.15, -0.1) is 11.6 Å². The molecule has 2 rings (SSSR count). The summed E-state index contributed by atoms with van der Waals surface area (Å²) in [6, 6.07) is 2.48. The lowest BCUT2D eigenvalue weighted by molar-refractivity contribution is 0.101. The topological polar surface area (TPSA) is 35.5 Å². The van der Waals surface area contributed by atoms with E-state index in [4.69, 9.17) is 21.1 Å². The number of halogens is 2. The molecule has 3 nitrogen and oxygen atoms in total. The Kier molecular flexibility index (Phi) is 2.77. The van der Waals surface area contributed by atoms with Crippen LogP contribution < -0.4 is 9.47 Å². The second-order valence-electron chi connectivity index (χ2n) is 3.03. The summed E-state index contributed by atoms with van der Waals surface area (Å²) >= 11 is 5.35. The van der Waals surface area contributed by atoms with Gasteiger partial charge in [-0.25, -0.2) is 4.39 Å². The van der Waals surface area contributed by atoms with Gasteiger partial charge in [0.1, 0.15) is 19.0 Å². The van der Waals surface area contributed by atoms with E-state index in [1.54, 1.807) is 0 Å². The van der Waals surface area contributed by atoms with E-state index in [1.807, 2.05) is 0 Å². The van der Waals surface area contributed by atoms with Crippen LogP contribution in [0.1, 0.15) is 10.4 Å². The summed E-state index contributed by atoms with van der Waals surface area (Å²) in [6.45, 7) is 0.780. The van der Waals surface area contributed by atoms with E-state index in [0.717, 1.165) is 6.07 Å². The molecule has 1 aliphatic rings. The molecule has 0 aliphatic carbocycles. The van der Waals surface area contributed by atoms with Gasteiger partial charge in [-0.1, -0.05) is 0 Å². The molecule has 0 aromatic heterocycles. The van der Waals surface area contributed by atoms with Crippen LogP contribution in [0.15, 0.2) is 12.1 Å². The number of ether oxygens (including phenoxy) is 2. The molecule has 0 saturated heterocycles.